The Balaban J connectivity index is 0.00000147. The van der Waals surface area contributed by atoms with Gasteiger partial charge in [-0.25, -0.2) is 0 Å². The minimum absolute atomic E-state index is 0. The molecule has 1 aliphatic rings. The molecule has 1 aromatic heterocycles. The van der Waals surface area contributed by atoms with Gasteiger partial charge < -0.3 is 5.32 Å². The molecule has 1 aromatic carbocycles. The van der Waals surface area contributed by atoms with Crippen molar-refractivity contribution in [3.63, 3.8) is 0 Å². The number of thiophene rings is 1. The van der Waals surface area contributed by atoms with Crippen molar-refractivity contribution in [1.82, 2.24) is 10.2 Å². The first-order chi connectivity index (χ1) is 9.36. The van der Waals surface area contributed by atoms with Gasteiger partial charge in [0.2, 0.25) is 0 Å². The molecule has 0 spiro atoms. The molecule has 1 atom stereocenters. The normalized spacial score (nSPS) is 19.9. The van der Waals surface area contributed by atoms with Crippen LogP contribution in [0.3, 0.4) is 0 Å². The van der Waals surface area contributed by atoms with Gasteiger partial charge in [-0.1, -0.05) is 18.2 Å². The number of nitrogens with zero attached hydrogens (tertiary/aromatic N) is 1. The summed E-state index contributed by atoms with van der Waals surface area (Å²) in [4.78, 5) is 2.62. The summed E-state index contributed by atoms with van der Waals surface area (Å²) in [6.07, 6.45) is 2.72. The number of rotatable bonds is 4. The molecule has 0 aliphatic carbocycles. The average Bonchev–Trinajstić information content (AvgIpc) is 2.83. The largest absolute Gasteiger partial charge is 0.319 e. The Kier molecular flexibility index (Phi) is 5.85. The molecule has 0 saturated carbocycles. The molecule has 1 N–H and O–H groups in total. The highest BCUT2D eigenvalue weighted by molar-refractivity contribution is 7.17. The summed E-state index contributed by atoms with van der Waals surface area (Å²) in [5.41, 5.74) is 1.51. The van der Waals surface area contributed by atoms with E-state index in [1.807, 2.05) is 11.3 Å². The van der Waals surface area contributed by atoms with Crippen molar-refractivity contribution in [1.29, 1.82) is 0 Å². The molecule has 20 heavy (non-hydrogen) atoms. The summed E-state index contributed by atoms with van der Waals surface area (Å²) in [5.74, 6) is 0.823. The van der Waals surface area contributed by atoms with Crippen LogP contribution in [0.5, 0.6) is 0 Å². The van der Waals surface area contributed by atoms with E-state index in [0.717, 1.165) is 19.0 Å². The molecule has 2 aromatic rings. The lowest BCUT2D eigenvalue weighted by Gasteiger charge is -2.32. The van der Waals surface area contributed by atoms with Crippen LogP contribution in [0.1, 0.15) is 18.4 Å². The van der Waals surface area contributed by atoms with Crippen LogP contribution >= 0.6 is 23.7 Å². The Bertz CT molecular complexity index is 538. The SMILES string of the molecule is CNCC1CCCN(Cc2csc3ccccc23)C1.Cl. The number of hydrogen-bond donors (Lipinski definition) is 1. The maximum atomic E-state index is 3.32. The molecule has 2 nitrogen and oxygen atoms in total. The fourth-order valence-corrected chi connectivity index (χ4v) is 4.10. The first kappa shape index (κ1) is 15.8. The van der Waals surface area contributed by atoms with E-state index in [9.17, 15) is 0 Å². The molecule has 4 heteroatoms. The maximum Gasteiger partial charge on any atom is 0.0346 e. The van der Waals surface area contributed by atoms with Gasteiger partial charge in [-0.2, -0.15) is 0 Å². The second kappa shape index (κ2) is 7.41. The second-order valence-corrected chi connectivity index (χ2v) is 6.47. The fraction of sp³-hybridized carbons (Fsp3) is 0.500. The molecular formula is C16H23ClN2S. The Labute approximate surface area is 131 Å². The van der Waals surface area contributed by atoms with Gasteiger partial charge in [-0.05, 0) is 61.3 Å². The standard InChI is InChI=1S/C16H22N2S.ClH/c1-17-9-13-5-4-8-18(10-13)11-14-12-19-16-7-3-2-6-15(14)16;/h2-3,6-7,12-13,17H,4-5,8-11H2,1H3;1H. The summed E-state index contributed by atoms with van der Waals surface area (Å²) in [6.45, 7) is 4.76. The van der Waals surface area contributed by atoms with Gasteiger partial charge in [0.15, 0.2) is 0 Å². The summed E-state index contributed by atoms with van der Waals surface area (Å²) in [7, 11) is 2.06. The lowest BCUT2D eigenvalue weighted by Crippen LogP contribution is -2.38. The van der Waals surface area contributed by atoms with Crippen molar-refractivity contribution < 1.29 is 0 Å². The zero-order valence-electron chi connectivity index (χ0n) is 12.0. The Morgan fingerprint density at radius 1 is 1.35 bits per heavy atom. The topological polar surface area (TPSA) is 15.3 Å². The van der Waals surface area contributed by atoms with Crippen LogP contribution in [0.4, 0.5) is 0 Å². The number of likely N-dealkylation sites (tertiary alicyclic amines) is 1. The molecule has 0 amide bonds. The van der Waals surface area contributed by atoms with Crippen molar-refractivity contribution in [2.75, 3.05) is 26.7 Å². The zero-order chi connectivity index (χ0) is 13.1. The van der Waals surface area contributed by atoms with Gasteiger partial charge in [-0.3, -0.25) is 4.90 Å². The van der Waals surface area contributed by atoms with Crippen LogP contribution in [-0.4, -0.2) is 31.6 Å². The van der Waals surface area contributed by atoms with E-state index >= 15 is 0 Å². The van der Waals surface area contributed by atoms with Gasteiger partial charge in [0, 0.05) is 17.8 Å². The van der Waals surface area contributed by atoms with Crippen molar-refractivity contribution in [3.8, 4) is 0 Å². The number of benzene rings is 1. The predicted molar refractivity (Wildman–Crippen MR) is 91.0 cm³/mol. The van der Waals surface area contributed by atoms with Crippen LogP contribution in [-0.2, 0) is 6.54 Å². The monoisotopic (exact) mass is 310 g/mol. The zero-order valence-corrected chi connectivity index (χ0v) is 13.6. The van der Waals surface area contributed by atoms with Gasteiger partial charge >= 0.3 is 0 Å². The smallest absolute Gasteiger partial charge is 0.0346 e. The lowest BCUT2D eigenvalue weighted by atomic mass is 9.97. The van der Waals surface area contributed by atoms with Crippen molar-refractivity contribution in [3.05, 3.63) is 35.2 Å². The highest BCUT2D eigenvalue weighted by atomic mass is 35.5. The van der Waals surface area contributed by atoms with Crippen LogP contribution in [0.15, 0.2) is 29.6 Å². The van der Waals surface area contributed by atoms with Crippen molar-refractivity contribution in [2.24, 2.45) is 5.92 Å². The Morgan fingerprint density at radius 2 is 2.20 bits per heavy atom. The molecule has 3 rings (SSSR count). The first-order valence-electron chi connectivity index (χ1n) is 7.19. The van der Waals surface area contributed by atoms with Crippen LogP contribution in [0.25, 0.3) is 10.1 Å². The second-order valence-electron chi connectivity index (χ2n) is 5.56. The molecule has 1 fully saturated rings. The highest BCUT2D eigenvalue weighted by Gasteiger charge is 2.20. The molecule has 2 heterocycles. The van der Waals surface area contributed by atoms with Crippen molar-refractivity contribution >= 4 is 33.8 Å². The van der Waals surface area contributed by atoms with Crippen molar-refractivity contribution in [2.45, 2.75) is 19.4 Å². The molecule has 0 bridgehead atoms. The Morgan fingerprint density at radius 3 is 3.05 bits per heavy atom. The third-order valence-corrected chi connectivity index (χ3v) is 5.06. The average molecular weight is 311 g/mol. The van der Waals surface area contributed by atoms with Gasteiger partial charge in [0.05, 0.1) is 0 Å². The lowest BCUT2D eigenvalue weighted by molar-refractivity contribution is 0.167. The van der Waals surface area contributed by atoms with E-state index in [1.165, 1.54) is 41.6 Å². The quantitative estimate of drug-likeness (QED) is 0.925. The number of fused-ring (bicyclic) bond motifs is 1. The van der Waals surface area contributed by atoms with Gasteiger partial charge in [0.1, 0.15) is 0 Å². The minimum Gasteiger partial charge on any atom is -0.319 e. The molecule has 0 radical (unpaired) electrons. The van der Waals surface area contributed by atoms with E-state index in [4.69, 9.17) is 0 Å². The molecular weight excluding hydrogens is 288 g/mol. The number of nitrogens with one attached hydrogen (secondary N) is 1. The summed E-state index contributed by atoms with van der Waals surface area (Å²) < 4.78 is 1.42. The third kappa shape index (κ3) is 3.53. The number of hydrogen-bond acceptors (Lipinski definition) is 3. The van der Waals surface area contributed by atoms with Crippen LogP contribution < -0.4 is 5.32 Å². The Hall–Kier alpha value is -0.610. The van der Waals surface area contributed by atoms with Crippen LogP contribution in [0, 0.1) is 5.92 Å². The summed E-state index contributed by atoms with van der Waals surface area (Å²) in [5, 5.41) is 7.11. The summed E-state index contributed by atoms with van der Waals surface area (Å²) >= 11 is 1.87. The molecule has 1 aliphatic heterocycles. The van der Waals surface area contributed by atoms with E-state index in [2.05, 4.69) is 46.9 Å². The summed E-state index contributed by atoms with van der Waals surface area (Å²) in [6, 6.07) is 8.77. The van der Waals surface area contributed by atoms with Gasteiger partial charge in [-0.15, -0.1) is 23.7 Å². The predicted octanol–water partition coefficient (Wildman–Crippen LogP) is 3.75. The van der Waals surface area contributed by atoms with E-state index in [0.29, 0.717) is 0 Å². The highest BCUT2D eigenvalue weighted by Crippen LogP contribution is 2.28. The number of piperidine rings is 1. The van der Waals surface area contributed by atoms with E-state index < -0.39 is 0 Å². The van der Waals surface area contributed by atoms with Crippen LogP contribution in [0.2, 0.25) is 0 Å². The maximum absolute atomic E-state index is 3.32. The molecule has 1 unspecified atom stereocenters. The number of halogens is 1. The molecule has 110 valence electrons. The minimum atomic E-state index is 0. The van der Waals surface area contributed by atoms with E-state index in [1.54, 1.807) is 0 Å². The van der Waals surface area contributed by atoms with E-state index in [-0.39, 0.29) is 12.4 Å². The third-order valence-electron chi connectivity index (χ3n) is 4.05. The molecule has 1 saturated heterocycles. The fourth-order valence-electron chi connectivity index (χ4n) is 3.15. The first-order valence-corrected chi connectivity index (χ1v) is 8.07. The van der Waals surface area contributed by atoms with Gasteiger partial charge in [0.25, 0.3) is 0 Å².